The van der Waals surface area contributed by atoms with Crippen LogP contribution in [0.1, 0.15) is 36.8 Å². The number of carbonyl (C=O) groups is 2. The summed E-state index contributed by atoms with van der Waals surface area (Å²) in [6.45, 7) is 5.13. The van der Waals surface area contributed by atoms with Gasteiger partial charge >= 0.3 is 12.2 Å². The molecule has 0 aliphatic carbocycles. The van der Waals surface area contributed by atoms with Gasteiger partial charge in [0.15, 0.2) is 0 Å². The summed E-state index contributed by atoms with van der Waals surface area (Å²) in [6.07, 6.45) is 4.52. The monoisotopic (exact) mass is 510 g/mol. The number of nitrogens with zero attached hydrogens (tertiary/aromatic N) is 2. The summed E-state index contributed by atoms with van der Waals surface area (Å²) >= 11 is 0. The van der Waals surface area contributed by atoms with Gasteiger partial charge in [-0.05, 0) is 74.9 Å². The Labute approximate surface area is 214 Å². The van der Waals surface area contributed by atoms with Crippen LogP contribution >= 0.6 is 0 Å². The highest BCUT2D eigenvalue weighted by Crippen LogP contribution is 2.23. The lowest BCUT2D eigenvalue weighted by Gasteiger charge is -2.09. The van der Waals surface area contributed by atoms with Crippen molar-refractivity contribution in [3.8, 4) is 0 Å². The number of rotatable bonds is 14. The molecule has 0 unspecified atom stereocenters. The third kappa shape index (κ3) is 11.3. The van der Waals surface area contributed by atoms with Crippen LogP contribution < -0.4 is 10.6 Å². The van der Waals surface area contributed by atoms with Gasteiger partial charge in [0.2, 0.25) is 12.2 Å². The van der Waals surface area contributed by atoms with Crippen molar-refractivity contribution in [2.45, 2.75) is 39.5 Å². The van der Waals surface area contributed by atoms with E-state index in [0.717, 1.165) is 24.0 Å². The van der Waals surface area contributed by atoms with Crippen LogP contribution in [0, 0.1) is 13.8 Å². The summed E-state index contributed by atoms with van der Waals surface area (Å²) in [4.78, 5) is 51.8. The molecule has 0 atom stereocenters. The second kappa shape index (κ2) is 16.4. The number of carbonyl (C=O) groups excluding carboxylic acids is 4. The van der Waals surface area contributed by atoms with E-state index in [1.54, 1.807) is 50.2 Å². The molecule has 0 saturated carbocycles. The number of unbranched alkanes of at least 4 members (excludes halogenated alkanes) is 2. The van der Waals surface area contributed by atoms with E-state index in [4.69, 9.17) is 14.2 Å². The lowest BCUT2D eigenvalue weighted by molar-refractivity contribution is 0.109. The number of ether oxygens (including phenoxy) is 3. The zero-order valence-corrected chi connectivity index (χ0v) is 20.9. The van der Waals surface area contributed by atoms with Crippen molar-refractivity contribution < 1.29 is 33.4 Å². The van der Waals surface area contributed by atoms with E-state index >= 15 is 0 Å². The second-order valence-electron chi connectivity index (χ2n) is 7.96. The van der Waals surface area contributed by atoms with Crippen LogP contribution in [0.4, 0.5) is 32.3 Å². The number of hydrogen-bond donors (Lipinski definition) is 2. The van der Waals surface area contributed by atoms with Crippen LogP contribution in [-0.4, -0.2) is 50.8 Å². The van der Waals surface area contributed by atoms with Crippen LogP contribution in [0.15, 0.2) is 46.4 Å². The zero-order chi connectivity index (χ0) is 26.9. The summed E-state index contributed by atoms with van der Waals surface area (Å²) < 4.78 is 15.8. The molecule has 196 valence electrons. The number of nitrogens with one attached hydrogen (secondary N) is 2. The summed E-state index contributed by atoms with van der Waals surface area (Å²) in [7, 11) is 0. The SMILES string of the molecule is Cc1ccc(NC(=O)OCCCCOCCCCOC(=O)Nc2ccc(C)c(N=C=O)c2)cc1N=C=O. The number of hydrogen-bond acceptors (Lipinski definition) is 9. The fraction of sp³-hybridized carbons (Fsp3) is 0.385. The fourth-order valence-corrected chi connectivity index (χ4v) is 3.07. The van der Waals surface area contributed by atoms with Crippen LogP contribution in [0.5, 0.6) is 0 Å². The van der Waals surface area contributed by atoms with Crippen molar-refractivity contribution in [3.05, 3.63) is 47.5 Å². The fourth-order valence-electron chi connectivity index (χ4n) is 3.07. The van der Waals surface area contributed by atoms with Gasteiger partial charge in [-0.25, -0.2) is 19.2 Å². The van der Waals surface area contributed by atoms with Gasteiger partial charge in [-0.2, -0.15) is 9.98 Å². The van der Waals surface area contributed by atoms with E-state index in [9.17, 15) is 19.2 Å². The summed E-state index contributed by atoms with van der Waals surface area (Å²) in [5.41, 5.74) is 3.40. The number of amides is 2. The first-order chi connectivity index (χ1) is 17.9. The van der Waals surface area contributed by atoms with Gasteiger partial charge in [0.25, 0.3) is 0 Å². The molecule has 0 aromatic heterocycles. The first-order valence-electron chi connectivity index (χ1n) is 11.7. The third-order valence-corrected chi connectivity index (χ3v) is 5.08. The third-order valence-electron chi connectivity index (χ3n) is 5.08. The maximum Gasteiger partial charge on any atom is 0.411 e. The van der Waals surface area contributed by atoms with Gasteiger partial charge in [0, 0.05) is 24.6 Å². The van der Waals surface area contributed by atoms with Crippen molar-refractivity contribution in [2.24, 2.45) is 9.98 Å². The number of anilines is 2. The molecule has 2 aromatic carbocycles. The second-order valence-corrected chi connectivity index (χ2v) is 7.96. The first-order valence-corrected chi connectivity index (χ1v) is 11.7. The molecular weight excluding hydrogens is 480 g/mol. The number of aliphatic imine (C=N–C) groups is 2. The largest absolute Gasteiger partial charge is 0.449 e. The first kappa shape index (κ1) is 28.9. The zero-order valence-electron chi connectivity index (χ0n) is 20.9. The average Bonchev–Trinajstić information content (AvgIpc) is 2.87. The van der Waals surface area contributed by atoms with E-state index in [1.165, 1.54) is 12.2 Å². The number of benzene rings is 2. The molecule has 37 heavy (non-hydrogen) atoms. The summed E-state index contributed by atoms with van der Waals surface area (Å²) in [6, 6.07) is 9.99. The van der Waals surface area contributed by atoms with Crippen molar-refractivity contribution in [1.29, 1.82) is 0 Å². The van der Waals surface area contributed by atoms with Gasteiger partial charge in [0.05, 0.1) is 24.6 Å². The van der Waals surface area contributed by atoms with Crippen molar-refractivity contribution in [2.75, 3.05) is 37.1 Å². The topological polar surface area (TPSA) is 145 Å². The average molecular weight is 511 g/mol. The number of isocyanates is 2. The smallest absolute Gasteiger partial charge is 0.411 e. The highest BCUT2D eigenvalue weighted by Gasteiger charge is 2.07. The summed E-state index contributed by atoms with van der Waals surface area (Å²) in [5, 5.41) is 5.18. The van der Waals surface area contributed by atoms with Crippen LogP contribution in [-0.2, 0) is 23.8 Å². The van der Waals surface area contributed by atoms with E-state index in [-0.39, 0.29) is 13.2 Å². The molecule has 0 aliphatic rings. The molecule has 0 bridgehead atoms. The minimum atomic E-state index is -0.591. The Morgan fingerprint density at radius 3 is 1.51 bits per heavy atom. The van der Waals surface area contributed by atoms with Gasteiger partial charge in [-0.15, -0.1) is 0 Å². The predicted octanol–water partition coefficient (Wildman–Crippen LogP) is 5.61. The Kier molecular flexibility index (Phi) is 12.8. The van der Waals surface area contributed by atoms with Crippen LogP contribution in [0.2, 0.25) is 0 Å². The van der Waals surface area contributed by atoms with Gasteiger partial charge in [-0.1, -0.05) is 12.1 Å². The molecule has 11 heteroatoms. The van der Waals surface area contributed by atoms with E-state index in [2.05, 4.69) is 20.6 Å². The molecule has 2 rings (SSSR count). The standard InChI is InChI=1S/C26H30N4O7/c1-19-7-9-21(15-23(19)27-17-31)29-25(33)36-13-5-3-11-35-12-4-6-14-37-26(34)30-22-10-8-20(2)24(16-22)28-18-32/h7-10,15-16H,3-6,11-14H2,1-2H3,(H,29,33)(H,30,34). The molecule has 0 spiro atoms. The normalized spacial score (nSPS) is 10.0. The molecule has 0 saturated heterocycles. The lowest BCUT2D eigenvalue weighted by Crippen LogP contribution is -2.15. The van der Waals surface area contributed by atoms with Crippen LogP contribution in [0.25, 0.3) is 0 Å². The summed E-state index contributed by atoms with van der Waals surface area (Å²) in [5.74, 6) is 0. The molecule has 0 fully saturated rings. The Morgan fingerprint density at radius 2 is 1.11 bits per heavy atom. The number of aryl methyl sites for hydroxylation is 2. The van der Waals surface area contributed by atoms with Crippen molar-refractivity contribution in [3.63, 3.8) is 0 Å². The van der Waals surface area contributed by atoms with Crippen molar-refractivity contribution in [1.82, 2.24) is 0 Å². The minimum absolute atomic E-state index is 0.243. The van der Waals surface area contributed by atoms with E-state index < -0.39 is 12.2 Å². The molecule has 2 N–H and O–H groups in total. The molecular formula is C26H30N4O7. The Morgan fingerprint density at radius 1 is 0.703 bits per heavy atom. The maximum atomic E-state index is 11.9. The molecule has 2 aromatic rings. The van der Waals surface area contributed by atoms with Crippen molar-refractivity contribution >= 4 is 47.1 Å². The van der Waals surface area contributed by atoms with Crippen LogP contribution in [0.3, 0.4) is 0 Å². The maximum absolute atomic E-state index is 11.9. The van der Waals surface area contributed by atoms with E-state index in [0.29, 0.717) is 48.8 Å². The minimum Gasteiger partial charge on any atom is -0.449 e. The van der Waals surface area contributed by atoms with Gasteiger partial charge in [-0.3, -0.25) is 10.6 Å². The Balaban J connectivity index is 1.47. The molecule has 11 nitrogen and oxygen atoms in total. The van der Waals surface area contributed by atoms with Gasteiger partial charge < -0.3 is 14.2 Å². The highest BCUT2D eigenvalue weighted by atomic mass is 16.6. The molecule has 0 heterocycles. The Hall–Kier alpha value is -4.30. The molecule has 0 radical (unpaired) electrons. The lowest BCUT2D eigenvalue weighted by atomic mass is 10.2. The predicted molar refractivity (Wildman–Crippen MR) is 137 cm³/mol. The highest BCUT2D eigenvalue weighted by molar-refractivity contribution is 5.86. The van der Waals surface area contributed by atoms with E-state index in [1.807, 2.05) is 0 Å². The molecule has 0 aliphatic heterocycles. The molecule has 2 amide bonds. The van der Waals surface area contributed by atoms with Gasteiger partial charge in [0.1, 0.15) is 0 Å². The Bertz CT molecular complexity index is 1070. The quantitative estimate of drug-likeness (QED) is 0.191.